The van der Waals surface area contributed by atoms with Crippen molar-refractivity contribution in [3.8, 4) is 5.82 Å². The molecule has 0 atom stereocenters. The van der Waals surface area contributed by atoms with Gasteiger partial charge in [-0.1, -0.05) is 6.07 Å². The highest BCUT2D eigenvalue weighted by Crippen LogP contribution is 2.27. The molecule has 35 heavy (non-hydrogen) atoms. The van der Waals surface area contributed by atoms with Gasteiger partial charge in [0.05, 0.1) is 31.8 Å². The van der Waals surface area contributed by atoms with Crippen molar-refractivity contribution in [2.24, 2.45) is 0 Å². The standard InChI is InChI=1S/C24H26N8O3/c33-20(19-3-1-2-7-25-19)15-31-16-26-21-22(31)27-24(30-9-13-35-14-10-30)28-23(21)32-8-4-18(29-32)17-5-11-34-12-6-17/h1-4,7-8,16-17H,5-6,9-15H2. The van der Waals surface area contributed by atoms with Gasteiger partial charge >= 0.3 is 0 Å². The van der Waals surface area contributed by atoms with E-state index < -0.39 is 0 Å². The first kappa shape index (κ1) is 21.8. The Labute approximate surface area is 201 Å². The number of ketones is 1. The molecule has 0 aromatic carbocycles. The molecule has 6 heterocycles. The van der Waals surface area contributed by atoms with E-state index >= 15 is 0 Å². The van der Waals surface area contributed by atoms with Crippen LogP contribution in [0.5, 0.6) is 0 Å². The molecule has 4 aromatic rings. The second-order valence-electron chi connectivity index (χ2n) is 8.70. The average molecular weight is 475 g/mol. The van der Waals surface area contributed by atoms with Crippen LogP contribution in [0.1, 0.15) is 34.9 Å². The maximum absolute atomic E-state index is 12.9. The molecule has 4 aromatic heterocycles. The average Bonchev–Trinajstić information content (AvgIpc) is 3.58. The summed E-state index contributed by atoms with van der Waals surface area (Å²) in [7, 11) is 0. The highest BCUT2D eigenvalue weighted by atomic mass is 16.5. The summed E-state index contributed by atoms with van der Waals surface area (Å²) in [5.74, 6) is 1.43. The van der Waals surface area contributed by atoms with E-state index in [0.717, 1.165) is 31.7 Å². The van der Waals surface area contributed by atoms with Crippen molar-refractivity contribution in [3.05, 3.63) is 54.4 Å². The number of hydrogen-bond donors (Lipinski definition) is 0. The third kappa shape index (κ3) is 4.40. The van der Waals surface area contributed by atoms with E-state index in [1.807, 2.05) is 12.3 Å². The summed E-state index contributed by atoms with van der Waals surface area (Å²) in [5, 5.41) is 4.86. The van der Waals surface area contributed by atoms with Crippen molar-refractivity contribution in [1.82, 2.24) is 34.3 Å². The lowest BCUT2D eigenvalue weighted by atomic mass is 9.97. The Bertz CT molecular complexity index is 1320. The Morgan fingerprint density at radius 1 is 1.00 bits per heavy atom. The van der Waals surface area contributed by atoms with Crippen LogP contribution < -0.4 is 4.90 Å². The fourth-order valence-electron chi connectivity index (χ4n) is 4.53. The fourth-order valence-corrected chi connectivity index (χ4v) is 4.53. The van der Waals surface area contributed by atoms with Crippen LogP contribution in [0.2, 0.25) is 0 Å². The molecule has 2 aliphatic heterocycles. The van der Waals surface area contributed by atoms with Crippen LogP contribution in [0.15, 0.2) is 43.0 Å². The normalized spacial score (nSPS) is 17.2. The zero-order chi connectivity index (χ0) is 23.6. The van der Waals surface area contributed by atoms with E-state index in [2.05, 4.69) is 14.9 Å². The van der Waals surface area contributed by atoms with Gasteiger partial charge < -0.3 is 18.9 Å². The van der Waals surface area contributed by atoms with E-state index in [-0.39, 0.29) is 12.3 Å². The number of aromatic nitrogens is 7. The molecule has 0 saturated carbocycles. The molecule has 180 valence electrons. The number of Topliss-reactive ketones (excluding diaryl/α,β-unsaturated/α-hetero) is 1. The largest absolute Gasteiger partial charge is 0.381 e. The smallest absolute Gasteiger partial charge is 0.229 e. The summed E-state index contributed by atoms with van der Waals surface area (Å²) in [5.41, 5.74) is 2.62. The monoisotopic (exact) mass is 474 g/mol. The molecule has 11 heteroatoms. The van der Waals surface area contributed by atoms with Gasteiger partial charge in [-0.15, -0.1) is 0 Å². The van der Waals surface area contributed by atoms with Crippen LogP contribution in [0, 0.1) is 0 Å². The van der Waals surface area contributed by atoms with Crippen LogP contribution in [0.25, 0.3) is 17.0 Å². The molecule has 0 spiro atoms. The van der Waals surface area contributed by atoms with Gasteiger partial charge in [0, 0.05) is 44.6 Å². The maximum atomic E-state index is 12.9. The number of anilines is 1. The van der Waals surface area contributed by atoms with Crippen LogP contribution in [0.4, 0.5) is 5.95 Å². The minimum absolute atomic E-state index is 0.0823. The third-order valence-electron chi connectivity index (χ3n) is 6.46. The first-order valence-corrected chi connectivity index (χ1v) is 11.9. The highest BCUT2D eigenvalue weighted by molar-refractivity contribution is 5.95. The van der Waals surface area contributed by atoms with Crippen molar-refractivity contribution in [3.63, 3.8) is 0 Å². The van der Waals surface area contributed by atoms with E-state index in [4.69, 9.17) is 24.5 Å². The van der Waals surface area contributed by atoms with Crippen LogP contribution in [-0.2, 0) is 16.0 Å². The molecule has 0 unspecified atom stereocenters. The Kier molecular flexibility index (Phi) is 5.93. The molecule has 0 bridgehead atoms. The summed E-state index contributed by atoms with van der Waals surface area (Å²) in [6, 6.07) is 7.34. The van der Waals surface area contributed by atoms with E-state index in [1.54, 1.807) is 40.0 Å². The van der Waals surface area contributed by atoms with Gasteiger partial charge in [0.2, 0.25) is 11.7 Å². The maximum Gasteiger partial charge on any atom is 0.229 e. The van der Waals surface area contributed by atoms with Gasteiger partial charge in [0.15, 0.2) is 17.0 Å². The Morgan fingerprint density at radius 2 is 1.83 bits per heavy atom. The first-order valence-electron chi connectivity index (χ1n) is 11.9. The van der Waals surface area contributed by atoms with Crippen LogP contribution in [0.3, 0.4) is 0 Å². The van der Waals surface area contributed by atoms with Gasteiger partial charge in [-0.2, -0.15) is 15.1 Å². The van der Waals surface area contributed by atoms with Gasteiger partial charge in [0.25, 0.3) is 0 Å². The summed E-state index contributed by atoms with van der Waals surface area (Å²) in [6.07, 6.45) is 7.09. The molecule has 0 amide bonds. The molecule has 0 N–H and O–H groups in total. The first-order chi connectivity index (χ1) is 17.3. The number of imidazole rings is 1. The number of rotatable bonds is 6. The van der Waals surface area contributed by atoms with Crippen LogP contribution >= 0.6 is 0 Å². The lowest BCUT2D eigenvalue weighted by Crippen LogP contribution is -2.37. The van der Waals surface area contributed by atoms with Gasteiger partial charge in [-0.25, -0.2) is 9.67 Å². The summed E-state index contributed by atoms with van der Waals surface area (Å²) in [6.45, 7) is 4.21. The molecule has 11 nitrogen and oxygen atoms in total. The predicted octanol–water partition coefficient (Wildman–Crippen LogP) is 2.02. The third-order valence-corrected chi connectivity index (χ3v) is 6.46. The lowest BCUT2D eigenvalue weighted by Gasteiger charge is -2.27. The number of nitrogens with zero attached hydrogens (tertiary/aromatic N) is 8. The number of morpholine rings is 1. The second-order valence-corrected chi connectivity index (χ2v) is 8.70. The van der Waals surface area contributed by atoms with Gasteiger partial charge in [0.1, 0.15) is 5.69 Å². The van der Waals surface area contributed by atoms with Gasteiger partial charge in [-0.05, 0) is 31.0 Å². The number of ether oxygens (including phenoxy) is 2. The van der Waals surface area contributed by atoms with E-state index in [0.29, 0.717) is 60.8 Å². The van der Waals surface area contributed by atoms with Crippen molar-refractivity contribution in [2.45, 2.75) is 25.3 Å². The zero-order valence-electron chi connectivity index (χ0n) is 19.3. The molecule has 2 fully saturated rings. The highest BCUT2D eigenvalue weighted by Gasteiger charge is 2.23. The number of hydrogen-bond acceptors (Lipinski definition) is 9. The lowest BCUT2D eigenvalue weighted by molar-refractivity contribution is 0.0844. The Morgan fingerprint density at radius 3 is 2.63 bits per heavy atom. The second kappa shape index (κ2) is 9.51. The van der Waals surface area contributed by atoms with Crippen molar-refractivity contribution in [2.75, 3.05) is 44.4 Å². The summed E-state index contributed by atoms with van der Waals surface area (Å²) in [4.78, 5) is 33.4. The molecule has 0 aliphatic carbocycles. The number of fused-ring (bicyclic) bond motifs is 1. The molecule has 2 saturated heterocycles. The molecule has 2 aliphatic rings. The summed E-state index contributed by atoms with van der Waals surface area (Å²) >= 11 is 0. The Balaban J connectivity index is 1.40. The number of pyridine rings is 1. The molecular formula is C24H26N8O3. The molecule has 6 rings (SSSR count). The van der Waals surface area contributed by atoms with E-state index in [1.165, 1.54) is 0 Å². The van der Waals surface area contributed by atoms with Gasteiger partial charge in [-0.3, -0.25) is 9.78 Å². The minimum Gasteiger partial charge on any atom is -0.381 e. The molecular weight excluding hydrogens is 448 g/mol. The van der Waals surface area contributed by atoms with Crippen LogP contribution in [-0.4, -0.2) is 79.6 Å². The zero-order valence-corrected chi connectivity index (χ0v) is 19.3. The van der Waals surface area contributed by atoms with E-state index in [9.17, 15) is 4.79 Å². The predicted molar refractivity (Wildman–Crippen MR) is 127 cm³/mol. The SMILES string of the molecule is O=C(Cn1cnc2c(-n3ccc(C4CCOCC4)n3)nc(N3CCOCC3)nc21)c1ccccn1. The number of carbonyl (C=O) groups is 1. The number of carbonyl (C=O) groups excluding carboxylic acids is 1. The minimum atomic E-state index is -0.112. The molecule has 0 radical (unpaired) electrons. The quantitative estimate of drug-likeness (QED) is 0.387. The topological polar surface area (TPSA) is 113 Å². The van der Waals surface area contributed by atoms with Crippen molar-refractivity contribution in [1.29, 1.82) is 0 Å². The van der Waals surface area contributed by atoms with Crippen molar-refractivity contribution < 1.29 is 14.3 Å². The van der Waals surface area contributed by atoms with Crippen molar-refractivity contribution >= 4 is 22.9 Å². The Hall–Kier alpha value is -3.70. The fraction of sp³-hybridized carbons (Fsp3) is 0.417. The summed E-state index contributed by atoms with van der Waals surface area (Å²) < 4.78 is 14.5.